The third-order valence-corrected chi connectivity index (χ3v) is 3.56. The lowest BCUT2D eigenvalue weighted by molar-refractivity contribution is -0.0343. The van der Waals surface area contributed by atoms with E-state index in [0.29, 0.717) is 0 Å². The summed E-state index contributed by atoms with van der Waals surface area (Å²) in [6, 6.07) is 0. The van der Waals surface area contributed by atoms with E-state index in [2.05, 4.69) is 32.9 Å². The first-order valence-corrected chi connectivity index (χ1v) is 7.36. The van der Waals surface area contributed by atoms with E-state index in [1.165, 1.54) is 0 Å². The Morgan fingerprint density at radius 3 is 3.25 bits per heavy atom. The van der Waals surface area contributed by atoms with Crippen molar-refractivity contribution in [1.82, 2.24) is 19.8 Å². The fourth-order valence-electron chi connectivity index (χ4n) is 2.40. The number of imidazole rings is 1. The Labute approximate surface area is 121 Å². The largest absolute Gasteiger partial charge is 0.383 e. The number of hydrogen-bond acceptors (Lipinski definition) is 5. The number of rotatable bonds is 8. The van der Waals surface area contributed by atoms with Crippen LogP contribution in [0.1, 0.15) is 12.6 Å². The predicted octanol–water partition coefficient (Wildman–Crippen LogP) is 0.340. The van der Waals surface area contributed by atoms with Crippen molar-refractivity contribution in [2.45, 2.75) is 26.1 Å². The third-order valence-electron chi connectivity index (χ3n) is 3.56. The topological polar surface area (TPSA) is 51.5 Å². The number of aromatic nitrogens is 2. The SMILES string of the molecule is CCN1CCOC(Cn2cnc(CNCCOC)c2)C1. The molecule has 20 heavy (non-hydrogen) atoms. The van der Waals surface area contributed by atoms with Gasteiger partial charge >= 0.3 is 0 Å². The Kier molecular flexibility index (Phi) is 6.46. The molecule has 1 aliphatic rings. The van der Waals surface area contributed by atoms with Gasteiger partial charge in [-0.1, -0.05) is 6.92 Å². The maximum absolute atomic E-state index is 5.81. The van der Waals surface area contributed by atoms with Gasteiger partial charge < -0.3 is 19.4 Å². The van der Waals surface area contributed by atoms with Crippen LogP contribution < -0.4 is 5.32 Å². The van der Waals surface area contributed by atoms with E-state index in [0.717, 1.165) is 58.2 Å². The highest BCUT2D eigenvalue weighted by Crippen LogP contribution is 2.08. The quantitative estimate of drug-likeness (QED) is 0.697. The molecule has 6 heteroatoms. The van der Waals surface area contributed by atoms with Gasteiger partial charge in [0, 0.05) is 39.5 Å². The Morgan fingerprint density at radius 2 is 2.45 bits per heavy atom. The van der Waals surface area contributed by atoms with Gasteiger partial charge in [-0.25, -0.2) is 4.98 Å². The molecule has 1 aliphatic heterocycles. The van der Waals surface area contributed by atoms with Gasteiger partial charge in [-0.2, -0.15) is 0 Å². The summed E-state index contributed by atoms with van der Waals surface area (Å²) in [6.45, 7) is 9.41. The summed E-state index contributed by atoms with van der Waals surface area (Å²) in [5.41, 5.74) is 1.06. The highest BCUT2D eigenvalue weighted by atomic mass is 16.5. The van der Waals surface area contributed by atoms with Crippen LogP contribution in [0.15, 0.2) is 12.5 Å². The van der Waals surface area contributed by atoms with Crippen LogP contribution in [-0.4, -0.2) is 67.1 Å². The van der Waals surface area contributed by atoms with E-state index >= 15 is 0 Å². The number of hydrogen-bond donors (Lipinski definition) is 1. The second-order valence-electron chi connectivity index (χ2n) is 5.12. The van der Waals surface area contributed by atoms with Gasteiger partial charge in [0.2, 0.25) is 0 Å². The number of likely N-dealkylation sites (N-methyl/N-ethyl adjacent to an activating group) is 1. The Bertz CT molecular complexity index is 383. The molecule has 6 nitrogen and oxygen atoms in total. The minimum absolute atomic E-state index is 0.271. The first kappa shape index (κ1) is 15.4. The molecule has 1 aromatic heterocycles. The molecule has 0 aliphatic carbocycles. The van der Waals surface area contributed by atoms with E-state index in [-0.39, 0.29) is 6.10 Å². The average molecular weight is 282 g/mol. The van der Waals surface area contributed by atoms with E-state index in [4.69, 9.17) is 9.47 Å². The van der Waals surface area contributed by atoms with Crippen molar-refractivity contribution >= 4 is 0 Å². The molecule has 1 saturated heterocycles. The minimum atomic E-state index is 0.271. The van der Waals surface area contributed by atoms with Gasteiger partial charge in [0.05, 0.1) is 37.9 Å². The van der Waals surface area contributed by atoms with Crippen molar-refractivity contribution in [3.05, 3.63) is 18.2 Å². The molecule has 2 rings (SSSR count). The van der Waals surface area contributed by atoms with Gasteiger partial charge in [-0.15, -0.1) is 0 Å². The predicted molar refractivity (Wildman–Crippen MR) is 77.7 cm³/mol. The summed E-state index contributed by atoms with van der Waals surface area (Å²) in [7, 11) is 1.71. The molecule has 1 atom stereocenters. The Hall–Kier alpha value is -0.950. The number of nitrogens with zero attached hydrogens (tertiary/aromatic N) is 3. The van der Waals surface area contributed by atoms with Crippen molar-refractivity contribution in [2.75, 3.05) is 46.5 Å². The smallest absolute Gasteiger partial charge is 0.0950 e. The first-order chi connectivity index (χ1) is 9.81. The Morgan fingerprint density at radius 1 is 1.55 bits per heavy atom. The van der Waals surface area contributed by atoms with E-state index in [1.54, 1.807) is 7.11 Å². The zero-order chi connectivity index (χ0) is 14.2. The van der Waals surface area contributed by atoms with Gasteiger partial charge in [0.25, 0.3) is 0 Å². The molecule has 0 aromatic carbocycles. The highest BCUT2D eigenvalue weighted by Gasteiger charge is 2.19. The molecule has 114 valence electrons. The van der Waals surface area contributed by atoms with Gasteiger partial charge in [-0.3, -0.25) is 4.90 Å². The maximum Gasteiger partial charge on any atom is 0.0950 e. The van der Waals surface area contributed by atoms with Crippen LogP contribution >= 0.6 is 0 Å². The standard InChI is InChI=1S/C14H26N4O2/c1-3-17-5-7-20-14(10-17)11-18-9-13(16-12-18)8-15-4-6-19-2/h9,12,14-15H,3-8,10-11H2,1-2H3. The molecule has 1 N–H and O–H groups in total. The number of morpholine rings is 1. The molecule has 1 aromatic rings. The van der Waals surface area contributed by atoms with Gasteiger partial charge in [0.1, 0.15) is 0 Å². The molecule has 1 unspecified atom stereocenters. The second kappa shape index (κ2) is 8.36. The van der Waals surface area contributed by atoms with Crippen molar-refractivity contribution < 1.29 is 9.47 Å². The molecule has 0 spiro atoms. The molecule has 0 saturated carbocycles. The van der Waals surface area contributed by atoms with Crippen LogP contribution in [0.2, 0.25) is 0 Å². The van der Waals surface area contributed by atoms with Crippen LogP contribution in [0.25, 0.3) is 0 Å². The highest BCUT2D eigenvalue weighted by molar-refractivity contribution is 4.96. The molecule has 1 fully saturated rings. The average Bonchev–Trinajstić information content (AvgIpc) is 2.91. The fourth-order valence-corrected chi connectivity index (χ4v) is 2.40. The lowest BCUT2D eigenvalue weighted by atomic mass is 10.2. The molecule has 0 radical (unpaired) electrons. The van der Waals surface area contributed by atoms with E-state index in [9.17, 15) is 0 Å². The molecule has 0 bridgehead atoms. The Balaban J connectivity index is 1.74. The molecule has 2 heterocycles. The van der Waals surface area contributed by atoms with Crippen LogP contribution in [0, 0.1) is 0 Å². The monoisotopic (exact) mass is 282 g/mol. The van der Waals surface area contributed by atoms with Crippen LogP contribution in [0.4, 0.5) is 0 Å². The summed E-state index contributed by atoms with van der Waals surface area (Å²) in [4.78, 5) is 6.84. The van der Waals surface area contributed by atoms with Crippen LogP contribution in [0.5, 0.6) is 0 Å². The van der Waals surface area contributed by atoms with Crippen LogP contribution in [-0.2, 0) is 22.6 Å². The maximum atomic E-state index is 5.81. The third kappa shape index (κ3) is 4.86. The zero-order valence-corrected chi connectivity index (χ0v) is 12.5. The fraction of sp³-hybridized carbons (Fsp3) is 0.786. The summed E-state index contributed by atoms with van der Waals surface area (Å²) in [5, 5.41) is 3.30. The second-order valence-corrected chi connectivity index (χ2v) is 5.12. The number of nitrogens with one attached hydrogen (secondary N) is 1. The summed E-state index contributed by atoms with van der Waals surface area (Å²) in [6.07, 6.45) is 4.25. The summed E-state index contributed by atoms with van der Waals surface area (Å²) < 4.78 is 12.9. The number of methoxy groups -OCH3 is 1. The normalized spacial score (nSPS) is 20.4. The first-order valence-electron chi connectivity index (χ1n) is 7.36. The summed E-state index contributed by atoms with van der Waals surface area (Å²) in [5.74, 6) is 0. The van der Waals surface area contributed by atoms with Crippen molar-refractivity contribution in [3.8, 4) is 0 Å². The lowest BCUT2D eigenvalue weighted by Gasteiger charge is -2.32. The van der Waals surface area contributed by atoms with Gasteiger partial charge in [0.15, 0.2) is 0 Å². The molecular formula is C14H26N4O2. The van der Waals surface area contributed by atoms with Crippen molar-refractivity contribution in [2.24, 2.45) is 0 Å². The number of ether oxygens (including phenoxy) is 2. The summed E-state index contributed by atoms with van der Waals surface area (Å²) >= 11 is 0. The molecule has 0 amide bonds. The lowest BCUT2D eigenvalue weighted by Crippen LogP contribution is -2.43. The van der Waals surface area contributed by atoms with Crippen molar-refractivity contribution in [1.29, 1.82) is 0 Å². The van der Waals surface area contributed by atoms with Crippen molar-refractivity contribution in [3.63, 3.8) is 0 Å². The zero-order valence-electron chi connectivity index (χ0n) is 12.5. The minimum Gasteiger partial charge on any atom is -0.383 e. The van der Waals surface area contributed by atoms with E-state index in [1.807, 2.05) is 6.33 Å². The van der Waals surface area contributed by atoms with Gasteiger partial charge in [-0.05, 0) is 6.54 Å². The van der Waals surface area contributed by atoms with E-state index < -0.39 is 0 Å². The van der Waals surface area contributed by atoms with Crippen LogP contribution in [0.3, 0.4) is 0 Å². The molecular weight excluding hydrogens is 256 g/mol.